The molecule has 2 aliphatic rings. The molecule has 0 spiro atoms. The third-order valence-corrected chi connectivity index (χ3v) is 4.76. The van der Waals surface area contributed by atoms with Gasteiger partial charge in [0.1, 0.15) is 5.54 Å². The van der Waals surface area contributed by atoms with Crippen LogP contribution in [0.3, 0.4) is 0 Å². The third-order valence-electron chi connectivity index (χ3n) is 4.76. The second-order valence-corrected chi connectivity index (χ2v) is 6.36. The number of imide groups is 1. The largest absolute Gasteiger partial charge is 0.376 e. The number of hydrogen-bond donors (Lipinski definition) is 1. The van der Waals surface area contributed by atoms with Crippen LogP contribution in [0.1, 0.15) is 44.6 Å². The summed E-state index contributed by atoms with van der Waals surface area (Å²) in [6.07, 6.45) is 4.36. The number of amides is 3. The summed E-state index contributed by atoms with van der Waals surface area (Å²) in [5.41, 5.74) is -0.0610. The zero-order valence-electron chi connectivity index (χ0n) is 13.6. The fourth-order valence-corrected chi connectivity index (χ4v) is 3.46. The standard InChI is InChI=1S/C18H24N2O3/c1-2-3-11-18(14-8-5-4-6-9-14)16(21)20(17(22)19-18)13-15-10-7-12-23-15/h4-6,8-9,15H,2-3,7,10-13H2,1H3,(H,19,22). The predicted octanol–water partition coefficient (Wildman–Crippen LogP) is 2.80. The Kier molecular flexibility index (Phi) is 4.66. The van der Waals surface area contributed by atoms with Gasteiger partial charge in [0.25, 0.3) is 5.91 Å². The van der Waals surface area contributed by atoms with Crippen LogP contribution in [0.5, 0.6) is 0 Å². The van der Waals surface area contributed by atoms with Gasteiger partial charge in [-0.3, -0.25) is 9.69 Å². The molecule has 1 N–H and O–H groups in total. The highest BCUT2D eigenvalue weighted by atomic mass is 16.5. The Morgan fingerprint density at radius 2 is 2.09 bits per heavy atom. The second kappa shape index (κ2) is 6.71. The molecule has 2 saturated heterocycles. The first-order valence-corrected chi connectivity index (χ1v) is 8.48. The van der Waals surface area contributed by atoms with E-state index < -0.39 is 5.54 Å². The van der Waals surface area contributed by atoms with E-state index >= 15 is 0 Å². The first-order valence-electron chi connectivity index (χ1n) is 8.48. The third kappa shape index (κ3) is 2.98. The van der Waals surface area contributed by atoms with Gasteiger partial charge >= 0.3 is 6.03 Å². The SMILES string of the molecule is CCCCC1(c2ccccc2)NC(=O)N(CC2CCCO2)C1=O. The number of rotatable bonds is 6. The summed E-state index contributed by atoms with van der Waals surface area (Å²) in [5.74, 6) is -0.141. The van der Waals surface area contributed by atoms with E-state index in [1.54, 1.807) is 0 Å². The molecular weight excluding hydrogens is 292 g/mol. The van der Waals surface area contributed by atoms with Crippen molar-refractivity contribution in [3.8, 4) is 0 Å². The monoisotopic (exact) mass is 316 g/mol. The van der Waals surface area contributed by atoms with E-state index in [1.165, 1.54) is 4.90 Å². The lowest BCUT2D eigenvalue weighted by Gasteiger charge is -2.27. The van der Waals surface area contributed by atoms with Gasteiger partial charge in [-0.2, -0.15) is 0 Å². The Balaban J connectivity index is 1.87. The number of carbonyl (C=O) groups excluding carboxylic acids is 2. The molecule has 0 radical (unpaired) electrons. The van der Waals surface area contributed by atoms with Gasteiger partial charge in [-0.25, -0.2) is 4.79 Å². The highest BCUT2D eigenvalue weighted by Gasteiger charge is 2.52. The summed E-state index contributed by atoms with van der Waals surface area (Å²) >= 11 is 0. The van der Waals surface area contributed by atoms with E-state index in [2.05, 4.69) is 12.2 Å². The van der Waals surface area contributed by atoms with Crippen molar-refractivity contribution in [3.05, 3.63) is 35.9 Å². The highest BCUT2D eigenvalue weighted by Crippen LogP contribution is 2.34. The average molecular weight is 316 g/mol. The topological polar surface area (TPSA) is 58.6 Å². The second-order valence-electron chi connectivity index (χ2n) is 6.36. The molecule has 1 aromatic rings. The van der Waals surface area contributed by atoms with Crippen molar-refractivity contribution in [2.75, 3.05) is 13.2 Å². The maximum atomic E-state index is 13.1. The number of benzene rings is 1. The van der Waals surface area contributed by atoms with Crippen molar-refractivity contribution in [2.24, 2.45) is 0 Å². The fourth-order valence-electron chi connectivity index (χ4n) is 3.46. The van der Waals surface area contributed by atoms with Crippen molar-refractivity contribution in [1.82, 2.24) is 10.2 Å². The maximum Gasteiger partial charge on any atom is 0.325 e. The lowest BCUT2D eigenvalue weighted by atomic mass is 9.85. The summed E-state index contributed by atoms with van der Waals surface area (Å²) in [6.45, 7) is 3.16. The number of ether oxygens (including phenoxy) is 1. The van der Waals surface area contributed by atoms with Crippen molar-refractivity contribution in [3.63, 3.8) is 0 Å². The molecule has 2 heterocycles. The van der Waals surface area contributed by atoms with Crippen LogP contribution < -0.4 is 5.32 Å². The number of urea groups is 1. The Hall–Kier alpha value is -1.88. The smallest absolute Gasteiger partial charge is 0.325 e. The molecule has 0 aliphatic carbocycles. The van der Waals surface area contributed by atoms with E-state index in [1.807, 2.05) is 30.3 Å². The first-order chi connectivity index (χ1) is 11.2. The molecule has 3 amide bonds. The minimum Gasteiger partial charge on any atom is -0.376 e. The Morgan fingerprint density at radius 3 is 2.74 bits per heavy atom. The number of unbranched alkanes of at least 4 members (excludes halogenated alkanes) is 1. The molecule has 0 aromatic heterocycles. The lowest BCUT2D eigenvalue weighted by molar-refractivity contribution is -0.133. The van der Waals surface area contributed by atoms with Crippen LogP contribution in [-0.4, -0.2) is 36.1 Å². The van der Waals surface area contributed by atoms with Crippen LogP contribution >= 0.6 is 0 Å². The summed E-state index contributed by atoms with van der Waals surface area (Å²) in [4.78, 5) is 26.9. The molecule has 2 unspecified atom stereocenters. The Bertz CT molecular complexity index is 569. The van der Waals surface area contributed by atoms with E-state index in [0.29, 0.717) is 19.6 Å². The van der Waals surface area contributed by atoms with Gasteiger partial charge < -0.3 is 10.1 Å². The number of carbonyl (C=O) groups is 2. The predicted molar refractivity (Wildman–Crippen MR) is 86.9 cm³/mol. The maximum absolute atomic E-state index is 13.1. The van der Waals surface area contributed by atoms with Gasteiger partial charge in [-0.15, -0.1) is 0 Å². The van der Waals surface area contributed by atoms with Gasteiger partial charge in [0, 0.05) is 6.61 Å². The molecule has 23 heavy (non-hydrogen) atoms. The fraction of sp³-hybridized carbons (Fsp3) is 0.556. The van der Waals surface area contributed by atoms with Crippen LogP contribution in [0.4, 0.5) is 4.79 Å². The molecular formula is C18H24N2O3. The number of hydrogen-bond acceptors (Lipinski definition) is 3. The van der Waals surface area contributed by atoms with Crippen molar-refractivity contribution in [1.29, 1.82) is 0 Å². The van der Waals surface area contributed by atoms with Gasteiger partial charge in [0.05, 0.1) is 12.6 Å². The zero-order chi connectivity index (χ0) is 16.3. The Morgan fingerprint density at radius 1 is 1.30 bits per heavy atom. The minimum atomic E-state index is -0.924. The summed E-state index contributed by atoms with van der Waals surface area (Å²) in [7, 11) is 0. The molecule has 5 heteroatoms. The van der Waals surface area contributed by atoms with E-state index in [9.17, 15) is 9.59 Å². The molecule has 1 aromatic carbocycles. The van der Waals surface area contributed by atoms with Crippen LogP contribution in [0.2, 0.25) is 0 Å². The van der Waals surface area contributed by atoms with Crippen molar-refractivity contribution < 1.29 is 14.3 Å². The number of nitrogens with one attached hydrogen (secondary N) is 1. The van der Waals surface area contributed by atoms with Crippen molar-refractivity contribution >= 4 is 11.9 Å². The van der Waals surface area contributed by atoms with Gasteiger partial charge in [-0.05, 0) is 24.8 Å². The van der Waals surface area contributed by atoms with Gasteiger partial charge in [0.2, 0.25) is 0 Å². The lowest BCUT2D eigenvalue weighted by Crippen LogP contribution is -2.44. The molecule has 2 atom stereocenters. The molecule has 0 saturated carbocycles. The van der Waals surface area contributed by atoms with Crippen LogP contribution in [0.25, 0.3) is 0 Å². The summed E-state index contributed by atoms with van der Waals surface area (Å²) < 4.78 is 5.59. The average Bonchev–Trinajstić information content (AvgIpc) is 3.17. The minimum absolute atomic E-state index is 0.0255. The molecule has 124 valence electrons. The first kappa shape index (κ1) is 16.0. The molecule has 2 aliphatic heterocycles. The van der Waals surface area contributed by atoms with E-state index in [-0.39, 0.29) is 18.0 Å². The Labute approximate surface area is 137 Å². The van der Waals surface area contributed by atoms with Gasteiger partial charge in [0.15, 0.2) is 0 Å². The zero-order valence-corrected chi connectivity index (χ0v) is 13.6. The summed E-state index contributed by atoms with van der Waals surface area (Å²) in [5, 5.41) is 2.97. The summed E-state index contributed by atoms with van der Waals surface area (Å²) in [6, 6.07) is 9.27. The van der Waals surface area contributed by atoms with Crippen molar-refractivity contribution in [2.45, 2.75) is 50.7 Å². The normalized spacial score (nSPS) is 27.5. The molecule has 2 fully saturated rings. The van der Waals surface area contributed by atoms with Crippen LogP contribution in [0.15, 0.2) is 30.3 Å². The molecule has 5 nitrogen and oxygen atoms in total. The van der Waals surface area contributed by atoms with Crippen LogP contribution in [-0.2, 0) is 15.1 Å². The highest BCUT2D eigenvalue weighted by molar-refractivity contribution is 6.07. The number of nitrogens with zero attached hydrogens (tertiary/aromatic N) is 1. The van der Waals surface area contributed by atoms with E-state index in [0.717, 1.165) is 31.2 Å². The van der Waals surface area contributed by atoms with Gasteiger partial charge in [-0.1, -0.05) is 50.1 Å². The van der Waals surface area contributed by atoms with E-state index in [4.69, 9.17) is 4.74 Å². The van der Waals surface area contributed by atoms with Crippen LogP contribution in [0, 0.1) is 0 Å². The molecule has 0 bridgehead atoms. The quantitative estimate of drug-likeness (QED) is 0.821. The molecule has 3 rings (SSSR count).